The summed E-state index contributed by atoms with van der Waals surface area (Å²) in [7, 11) is 0. The van der Waals surface area contributed by atoms with Gasteiger partial charge >= 0.3 is 0 Å². The number of H-pyrrole nitrogens is 1. The van der Waals surface area contributed by atoms with Crippen LogP contribution in [0.5, 0.6) is 0 Å². The molecule has 5 heteroatoms. The molecule has 2 nitrogen and oxygen atoms in total. The Morgan fingerprint density at radius 2 is 2.00 bits per heavy atom. The number of aromatic nitrogens is 1. The van der Waals surface area contributed by atoms with Crippen molar-refractivity contribution in [3.63, 3.8) is 0 Å². The molecule has 16 heavy (non-hydrogen) atoms. The van der Waals surface area contributed by atoms with Gasteiger partial charge in [0.05, 0.1) is 10.5 Å². The van der Waals surface area contributed by atoms with E-state index in [-0.39, 0.29) is 12.4 Å². The molecule has 0 atom stereocenters. The molecule has 0 aliphatic rings. The van der Waals surface area contributed by atoms with Crippen molar-refractivity contribution in [1.29, 1.82) is 0 Å². The molecule has 0 bridgehead atoms. The maximum absolute atomic E-state index is 6.07. The van der Waals surface area contributed by atoms with E-state index in [4.69, 9.17) is 28.9 Å². The van der Waals surface area contributed by atoms with Crippen molar-refractivity contribution in [3.8, 4) is 0 Å². The van der Waals surface area contributed by atoms with Gasteiger partial charge in [0.25, 0.3) is 0 Å². The van der Waals surface area contributed by atoms with Crippen LogP contribution in [0.25, 0.3) is 10.9 Å². The minimum absolute atomic E-state index is 0. The van der Waals surface area contributed by atoms with Gasteiger partial charge in [-0.25, -0.2) is 0 Å². The first-order chi connectivity index (χ1) is 7.22. The molecule has 3 N–H and O–H groups in total. The number of aromatic amines is 1. The molecular formula is C11H13Cl3N2. The number of benzene rings is 1. The second-order valence-electron chi connectivity index (χ2n) is 3.52. The highest BCUT2D eigenvalue weighted by molar-refractivity contribution is 6.38. The van der Waals surface area contributed by atoms with E-state index in [1.807, 2.05) is 12.3 Å². The Kier molecular flexibility index (Phi) is 4.93. The van der Waals surface area contributed by atoms with Gasteiger partial charge in [-0.3, -0.25) is 0 Å². The van der Waals surface area contributed by atoms with E-state index >= 15 is 0 Å². The molecule has 0 aliphatic carbocycles. The molecule has 2 aromatic rings. The topological polar surface area (TPSA) is 41.8 Å². The van der Waals surface area contributed by atoms with E-state index < -0.39 is 0 Å². The van der Waals surface area contributed by atoms with Gasteiger partial charge in [0.15, 0.2) is 0 Å². The second-order valence-corrected chi connectivity index (χ2v) is 4.36. The third kappa shape index (κ3) is 2.64. The summed E-state index contributed by atoms with van der Waals surface area (Å²) in [5.74, 6) is 0. The normalized spacial score (nSPS) is 10.4. The van der Waals surface area contributed by atoms with Gasteiger partial charge in [0.2, 0.25) is 0 Å². The quantitative estimate of drug-likeness (QED) is 0.882. The number of halogens is 3. The highest BCUT2D eigenvalue weighted by Crippen LogP contribution is 2.29. The molecule has 0 saturated heterocycles. The van der Waals surface area contributed by atoms with E-state index in [0.29, 0.717) is 16.6 Å². The zero-order valence-corrected chi connectivity index (χ0v) is 10.9. The molecule has 0 radical (unpaired) electrons. The third-order valence-corrected chi connectivity index (χ3v) is 2.96. The van der Waals surface area contributed by atoms with Crippen LogP contribution in [0.4, 0.5) is 0 Å². The molecule has 1 aromatic carbocycles. The Balaban J connectivity index is 0.00000128. The van der Waals surface area contributed by atoms with Gasteiger partial charge in [-0.15, -0.1) is 12.4 Å². The maximum atomic E-state index is 6.07. The largest absolute Gasteiger partial charge is 0.360 e. The number of hydrogen-bond donors (Lipinski definition) is 2. The summed E-state index contributed by atoms with van der Waals surface area (Å²) in [5, 5.41) is 2.43. The van der Waals surface area contributed by atoms with Crippen LogP contribution in [0.2, 0.25) is 10.0 Å². The van der Waals surface area contributed by atoms with E-state index in [9.17, 15) is 0 Å². The number of hydrogen-bond acceptors (Lipinski definition) is 1. The van der Waals surface area contributed by atoms with Gasteiger partial charge in [-0.2, -0.15) is 0 Å². The van der Waals surface area contributed by atoms with E-state index in [2.05, 4.69) is 4.98 Å². The molecule has 0 amide bonds. The van der Waals surface area contributed by atoms with Crippen LogP contribution in [-0.4, -0.2) is 11.5 Å². The fourth-order valence-electron chi connectivity index (χ4n) is 1.71. The van der Waals surface area contributed by atoms with Crippen molar-refractivity contribution in [3.05, 3.63) is 33.9 Å². The summed E-state index contributed by atoms with van der Waals surface area (Å²) in [6.45, 7) is 0.695. The van der Waals surface area contributed by atoms with Gasteiger partial charge in [-0.05, 0) is 37.1 Å². The highest BCUT2D eigenvalue weighted by atomic mass is 35.5. The summed E-state index contributed by atoms with van der Waals surface area (Å²) in [6.07, 6.45) is 3.90. The summed E-state index contributed by atoms with van der Waals surface area (Å²) >= 11 is 12.0. The van der Waals surface area contributed by atoms with Crippen LogP contribution in [-0.2, 0) is 6.42 Å². The third-order valence-electron chi connectivity index (χ3n) is 2.44. The Bertz CT molecular complexity index is 479. The predicted molar refractivity (Wildman–Crippen MR) is 72.9 cm³/mol. The molecule has 0 aliphatic heterocycles. The van der Waals surface area contributed by atoms with Crippen molar-refractivity contribution in [2.45, 2.75) is 12.8 Å². The van der Waals surface area contributed by atoms with Crippen LogP contribution >= 0.6 is 35.6 Å². The van der Waals surface area contributed by atoms with Crippen molar-refractivity contribution in [2.24, 2.45) is 5.73 Å². The maximum Gasteiger partial charge on any atom is 0.0661 e. The first-order valence-electron chi connectivity index (χ1n) is 4.87. The summed E-state index contributed by atoms with van der Waals surface area (Å²) in [5.41, 5.74) is 7.66. The van der Waals surface area contributed by atoms with Gasteiger partial charge in [0, 0.05) is 16.6 Å². The van der Waals surface area contributed by atoms with E-state index in [1.54, 1.807) is 6.07 Å². The van der Waals surface area contributed by atoms with Crippen LogP contribution in [0, 0.1) is 0 Å². The lowest BCUT2D eigenvalue weighted by Crippen LogP contribution is -1.99. The number of nitrogens with two attached hydrogens (primary N) is 1. The minimum Gasteiger partial charge on any atom is -0.360 e. The summed E-state index contributed by atoms with van der Waals surface area (Å²) in [4.78, 5) is 3.16. The smallest absolute Gasteiger partial charge is 0.0661 e. The SMILES string of the molecule is Cl.NCCCc1c[nH]c2c(Cl)cc(Cl)cc12. The van der Waals surface area contributed by atoms with Crippen molar-refractivity contribution >= 4 is 46.5 Å². The minimum atomic E-state index is 0. The van der Waals surface area contributed by atoms with Crippen LogP contribution < -0.4 is 5.73 Å². The second kappa shape index (κ2) is 5.78. The first-order valence-corrected chi connectivity index (χ1v) is 5.63. The number of nitrogens with one attached hydrogen (secondary N) is 1. The molecule has 0 saturated carbocycles. The fraction of sp³-hybridized carbons (Fsp3) is 0.273. The Hall–Kier alpha value is -0.410. The lowest BCUT2D eigenvalue weighted by Gasteiger charge is -1.99. The van der Waals surface area contributed by atoms with Crippen molar-refractivity contribution < 1.29 is 0 Å². The monoisotopic (exact) mass is 278 g/mol. The standard InChI is InChI=1S/C11H12Cl2N2.ClH/c12-8-4-9-7(2-1-3-14)6-15-11(9)10(13)5-8;/h4-6,15H,1-3,14H2;1H. The average Bonchev–Trinajstić information content (AvgIpc) is 2.58. The van der Waals surface area contributed by atoms with Gasteiger partial charge in [-0.1, -0.05) is 23.2 Å². The molecule has 2 rings (SSSR count). The van der Waals surface area contributed by atoms with Gasteiger partial charge in [0.1, 0.15) is 0 Å². The molecular weight excluding hydrogens is 266 g/mol. The lowest BCUT2D eigenvalue weighted by molar-refractivity contribution is 0.837. The molecule has 88 valence electrons. The predicted octanol–water partition coefficient (Wildman–Crippen LogP) is 3.79. The molecule has 0 spiro atoms. The van der Waals surface area contributed by atoms with Crippen molar-refractivity contribution in [2.75, 3.05) is 6.54 Å². The Morgan fingerprint density at radius 3 is 2.69 bits per heavy atom. The average molecular weight is 280 g/mol. The van der Waals surface area contributed by atoms with E-state index in [0.717, 1.165) is 23.7 Å². The molecule has 0 fully saturated rings. The van der Waals surface area contributed by atoms with Crippen molar-refractivity contribution in [1.82, 2.24) is 4.98 Å². The fourth-order valence-corrected chi connectivity index (χ4v) is 2.26. The Labute approximate surface area is 111 Å². The number of fused-ring (bicyclic) bond motifs is 1. The Morgan fingerprint density at radius 1 is 1.25 bits per heavy atom. The zero-order valence-electron chi connectivity index (χ0n) is 8.59. The zero-order chi connectivity index (χ0) is 10.8. The molecule has 1 aromatic heterocycles. The van der Waals surface area contributed by atoms with E-state index in [1.165, 1.54) is 5.56 Å². The number of aryl methyl sites for hydroxylation is 1. The number of rotatable bonds is 3. The lowest BCUT2D eigenvalue weighted by atomic mass is 10.1. The molecule has 0 unspecified atom stereocenters. The van der Waals surface area contributed by atoms with Gasteiger partial charge < -0.3 is 10.7 Å². The van der Waals surface area contributed by atoms with Crippen LogP contribution in [0.1, 0.15) is 12.0 Å². The summed E-state index contributed by atoms with van der Waals surface area (Å²) in [6, 6.07) is 3.68. The first kappa shape index (κ1) is 13.7. The highest BCUT2D eigenvalue weighted by Gasteiger charge is 2.07. The summed E-state index contributed by atoms with van der Waals surface area (Å²) < 4.78 is 0. The van der Waals surface area contributed by atoms with Crippen LogP contribution in [0.15, 0.2) is 18.3 Å². The molecule has 1 heterocycles. The van der Waals surface area contributed by atoms with Crippen LogP contribution in [0.3, 0.4) is 0 Å².